The molecule has 0 fully saturated rings. The summed E-state index contributed by atoms with van der Waals surface area (Å²) in [5, 5.41) is 19.9. The standard InChI is InChI=1S/C22H27N3O3S/c1-15(2)25-21(17-9-11-19(27-4)12-10-17)23-24-22(25)29-14-18(26)13-28-20-8-6-5-7-16(20)3/h5-12,15,18,26H,13-14H2,1-4H3/t18-/m0/s1. The van der Waals surface area contributed by atoms with Gasteiger partial charge >= 0.3 is 0 Å². The summed E-state index contributed by atoms with van der Waals surface area (Å²) in [5.74, 6) is 2.87. The van der Waals surface area contributed by atoms with Gasteiger partial charge in [-0.05, 0) is 56.7 Å². The smallest absolute Gasteiger partial charge is 0.191 e. The lowest BCUT2D eigenvalue weighted by Crippen LogP contribution is -2.20. The molecule has 0 aliphatic rings. The van der Waals surface area contributed by atoms with Gasteiger partial charge in [0.15, 0.2) is 11.0 Å². The maximum Gasteiger partial charge on any atom is 0.191 e. The van der Waals surface area contributed by atoms with Crippen LogP contribution in [0.4, 0.5) is 0 Å². The van der Waals surface area contributed by atoms with E-state index in [-0.39, 0.29) is 12.6 Å². The number of methoxy groups -OCH3 is 1. The van der Waals surface area contributed by atoms with Crippen LogP contribution in [-0.2, 0) is 0 Å². The highest BCUT2D eigenvalue weighted by Gasteiger charge is 2.18. The molecule has 1 N–H and O–H groups in total. The van der Waals surface area contributed by atoms with Crippen molar-refractivity contribution in [2.45, 2.75) is 38.1 Å². The molecule has 0 amide bonds. The van der Waals surface area contributed by atoms with Crippen LogP contribution in [0, 0.1) is 6.92 Å². The number of thioether (sulfide) groups is 1. The monoisotopic (exact) mass is 413 g/mol. The highest BCUT2D eigenvalue weighted by Crippen LogP contribution is 2.29. The second kappa shape index (κ2) is 9.80. The average Bonchev–Trinajstić information content (AvgIpc) is 3.16. The van der Waals surface area contributed by atoms with Crippen LogP contribution in [0.1, 0.15) is 25.5 Å². The largest absolute Gasteiger partial charge is 0.497 e. The summed E-state index contributed by atoms with van der Waals surface area (Å²) in [6, 6.07) is 15.7. The molecule has 29 heavy (non-hydrogen) atoms. The number of para-hydroxylation sites is 1. The summed E-state index contributed by atoms with van der Waals surface area (Å²) < 4.78 is 13.1. The zero-order valence-electron chi connectivity index (χ0n) is 17.2. The third-order valence-electron chi connectivity index (χ3n) is 4.46. The van der Waals surface area contributed by atoms with Crippen molar-refractivity contribution in [3.05, 3.63) is 54.1 Å². The van der Waals surface area contributed by atoms with Crippen LogP contribution >= 0.6 is 11.8 Å². The molecule has 1 aromatic heterocycles. The number of aryl methyl sites for hydroxylation is 1. The van der Waals surface area contributed by atoms with E-state index in [0.29, 0.717) is 5.75 Å². The molecule has 0 unspecified atom stereocenters. The number of rotatable bonds is 9. The Labute approximate surface area is 175 Å². The minimum Gasteiger partial charge on any atom is -0.497 e. The molecular formula is C22H27N3O3S. The van der Waals surface area contributed by atoms with Crippen molar-refractivity contribution in [2.75, 3.05) is 19.5 Å². The molecule has 0 spiro atoms. The molecule has 0 aliphatic heterocycles. The molecule has 154 valence electrons. The Hall–Kier alpha value is -2.51. The van der Waals surface area contributed by atoms with E-state index in [1.165, 1.54) is 11.8 Å². The highest BCUT2D eigenvalue weighted by atomic mass is 32.2. The van der Waals surface area contributed by atoms with Gasteiger partial charge in [-0.15, -0.1) is 10.2 Å². The Morgan fingerprint density at radius 1 is 1.07 bits per heavy atom. The van der Waals surface area contributed by atoms with Crippen molar-refractivity contribution in [2.24, 2.45) is 0 Å². The maximum absolute atomic E-state index is 10.4. The first-order valence-corrected chi connectivity index (χ1v) is 10.6. The van der Waals surface area contributed by atoms with Crippen LogP contribution in [0.15, 0.2) is 53.7 Å². The van der Waals surface area contributed by atoms with Crippen molar-refractivity contribution in [3.8, 4) is 22.9 Å². The number of aliphatic hydroxyl groups excluding tert-OH is 1. The van der Waals surface area contributed by atoms with Gasteiger partial charge in [0.2, 0.25) is 0 Å². The predicted octanol–water partition coefficient (Wildman–Crippen LogP) is 4.38. The number of ether oxygens (including phenoxy) is 2. The van der Waals surface area contributed by atoms with E-state index in [2.05, 4.69) is 28.6 Å². The fraction of sp³-hybridized carbons (Fsp3) is 0.364. The molecule has 2 aromatic carbocycles. The number of aromatic nitrogens is 3. The van der Waals surface area contributed by atoms with Crippen LogP contribution in [0.5, 0.6) is 11.5 Å². The summed E-state index contributed by atoms with van der Waals surface area (Å²) >= 11 is 1.48. The van der Waals surface area contributed by atoms with Gasteiger partial charge < -0.3 is 14.6 Å². The zero-order valence-corrected chi connectivity index (χ0v) is 18.0. The third-order valence-corrected chi connectivity index (χ3v) is 5.55. The van der Waals surface area contributed by atoms with E-state index >= 15 is 0 Å². The van der Waals surface area contributed by atoms with Gasteiger partial charge in [0.25, 0.3) is 0 Å². The summed E-state index contributed by atoms with van der Waals surface area (Å²) in [6.45, 7) is 6.41. The highest BCUT2D eigenvalue weighted by molar-refractivity contribution is 7.99. The predicted molar refractivity (Wildman–Crippen MR) is 116 cm³/mol. The Bertz CT molecular complexity index is 925. The Kier molecular flexibility index (Phi) is 7.17. The summed E-state index contributed by atoms with van der Waals surface area (Å²) in [5.41, 5.74) is 2.03. The van der Waals surface area contributed by atoms with Crippen LogP contribution in [0.2, 0.25) is 0 Å². The Balaban J connectivity index is 1.66. The number of hydrogen-bond donors (Lipinski definition) is 1. The van der Waals surface area contributed by atoms with E-state index in [4.69, 9.17) is 9.47 Å². The van der Waals surface area contributed by atoms with Crippen LogP contribution in [-0.4, -0.2) is 45.4 Å². The first-order valence-electron chi connectivity index (χ1n) is 9.58. The number of nitrogens with zero attached hydrogens (tertiary/aromatic N) is 3. The number of hydrogen-bond acceptors (Lipinski definition) is 6. The number of aliphatic hydroxyl groups is 1. The molecule has 0 aliphatic carbocycles. The van der Waals surface area contributed by atoms with Gasteiger partial charge in [0.1, 0.15) is 18.1 Å². The molecule has 3 rings (SSSR count). The van der Waals surface area contributed by atoms with E-state index in [1.807, 2.05) is 55.5 Å². The number of benzene rings is 2. The van der Waals surface area contributed by atoms with E-state index in [1.54, 1.807) is 7.11 Å². The van der Waals surface area contributed by atoms with E-state index in [9.17, 15) is 5.11 Å². The molecule has 0 bridgehead atoms. The van der Waals surface area contributed by atoms with E-state index in [0.717, 1.165) is 33.6 Å². The SMILES string of the molecule is COc1ccc(-c2nnc(SC[C@@H](O)COc3ccccc3C)n2C(C)C)cc1. The van der Waals surface area contributed by atoms with Crippen molar-refractivity contribution in [3.63, 3.8) is 0 Å². The molecule has 1 atom stereocenters. The Morgan fingerprint density at radius 2 is 1.79 bits per heavy atom. The van der Waals surface area contributed by atoms with Gasteiger partial charge in [0, 0.05) is 17.4 Å². The molecule has 7 heteroatoms. The van der Waals surface area contributed by atoms with Gasteiger partial charge in [0.05, 0.1) is 13.2 Å². The van der Waals surface area contributed by atoms with Gasteiger partial charge in [-0.3, -0.25) is 4.57 Å². The van der Waals surface area contributed by atoms with Crippen LogP contribution < -0.4 is 9.47 Å². The molecule has 1 heterocycles. The summed E-state index contributed by atoms with van der Waals surface area (Å²) in [6.07, 6.45) is -0.610. The molecular weight excluding hydrogens is 386 g/mol. The second-order valence-corrected chi connectivity index (χ2v) is 8.03. The molecule has 6 nitrogen and oxygen atoms in total. The maximum atomic E-state index is 10.4. The normalized spacial score (nSPS) is 12.2. The first-order chi connectivity index (χ1) is 14.0. The molecule has 3 aromatic rings. The zero-order chi connectivity index (χ0) is 20.8. The second-order valence-electron chi connectivity index (χ2n) is 7.04. The van der Waals surface area contributed by atoms with Crippen molar-refractivity contribution in [1.29, 1.82) is 0 Å². The fourth-order valence-corrected chi connectivity index (χ4v) is 3.87. The third kappa shape index (κ3) is 5.31. The topological polar surface area (TPSA) is 69.4 Å². The van der Waals surface area contributed by atoms with Gasteiger partial charge in [-0.2, -0.15) is 0 Å². The lowest BCUT2D eigenvalue weighted by Gasteiger charge is -2.16. The van der Waals surface area contributed by atoms with Crippen LogP contribution in [0.25, 0.3) is 11.4 Å². The van der Waals surface area contributed by atoms with Crippen LogP contribution in [0.3, 0.4) is 0 Å². The molecule has 0 radical (unpaired) electrons. The fourth-order valence-electron chi connectivity index (χ4n) is 2.90. The van der Waals surface area contributed by atoms with E-state index < -0.39 is 6.10 Å². The minimum absolute atomic E-state index is 0.185. The van der Waals surface area contributed by atoms with Crippen molar-refractivity contribution < 1.29 is 14.6 Å². The summed E-state index contributed by atoms with van der Waals surface area (Å²) in [7, 11) is 1.65. The summed E-state index contributed by atoms with van der Waals surface area (Å²) in [4.78, 5) is 0. The van der Waals surface area contributed by atoms with Gasteiger partial charge in [-0.25, -0.2) is 0 Å². The average molecular weight is 414 g/mol. The van der Waals surface area contributed by atoms with Gasteiger partial charge in [-0.1, -0.05) is 30.0 Å². The molecule has 0 saturated heterocycles. The lowest BCUT2D eigenvalue weighted by atomic mass is 10.2. The lowest BCUT2D eigenvalue weighted by molar-refractivity contribution is 0.126. The van der Waals surface area contributed by atoms with Crippen molar-refractivity contribution >= 4 is 11.8 Å². The quantitative estimate of drug-likeness (QED) is 0.525. The Morgan fingerprint density at radius 3 is 2.45 bits per heavy atom. The molecule has 0 saturated carbocycles. The first kappa shape index (κ1) is 21.2. The van der Waals surface area contributed by atoms with Crippen molar-refractivity contribution in [1.82, 2.24) is 14.8 Å². The minimum atomic E-state index is -0.610.